The molecule has 1 amide bonds. The highest BCUT2D eigenvalue weighted by Gasteiger charge is 2.17. The fraction of sp³-hybridized carbons (Fsp3) is 0.214. The van der Waals surface area contributed by atoms with E-state index in [2.05, 4.69) is 21.2 Å². The minimum atomic E-state index is -0.206. The number of hydrogen-bond donors (Lipinski definition) is 1. The van der Waals surface area contributed by atoms with Crippen molar-refractivity contribution < 1.29 is 13.9 Å². The van der Waals surface area contributed by atoms with Crippen molar-refractivity contribution in [1.29, 1.82) is 0 Å². The molecule has 1 atom stereocenters. The van der Waals surface area contributed by atoms with Crippen molar-refractivity contribution in [2.45, 2.75) is 13.0 Å². The number of rotatable bonds is 4. The summed E-state index contributed by atoms with van der Waals surface area (Å²) < 4.78 is 11.3. The molecule has 0 saturated carbocycles. The van der Waals surface area contributed by atoms with Gasteiger partial charge in [0.2, 0.25) is 0 Å². The molecule has 0 aliphatic carbocycles. The summed E-state index contributed by atoms with van der Waals surface area (Å²) in [6.45, 7) is 1.86. The Morgan fingerprint density at radius 3 is 2.84 bits per heavy atom. The van der Waals surface area contributed by atoms with E-state index in [-0.39, 0.29) is 11.9 Å². The predicted octanol–water partition coefficient (Wildman–Crippen LogP) is 3.54. The maximum Gasteiger partial charge on any atom is 0.255 e. The number of furan rings is 1. The second-order valence-electron chi connectivity index (χ2n) is 4.06. The molecular weight excluding hydrogens is 310 g/mol. The van der Waals surface area contributed by atoms with Crippen molar-refractivity contribution >= 4 is 21.8 Å². The molecule has 19 heavy (non-hydrogen) atoms. The zero-order valence-corrected chi connectivity index (χ0v) is 12.2. The minimum Gasteiger partial charge on any atom is -0.496 e. The Labute approximate surface area is 119 Å². The Morgan fingerprint density at radius 1 is 1.42 bits per heavy atom. The van der Waals surface area contributed by atoms with Gasteiger partial charge >= 0.3 is 0 Å². The number of amides is 1. The summed E-state index contributed by atoms with van der Waals surface area (Å²) >= 11 is 3.34. The minimum absolute atomic E-state index is 0.203. The highest BCUT2D eigenvalue weighted by molar-refractivity contribution is 9.10. The lowest BCUT2D eigenvalue weighted by molar-refractivity contribution is 0.0932. The lowest BCUT2D eigenvalue weighted by Gasteiger charge is -2.13. The average Bonchev–Trinajstić information content (AvgIpc) is 2.92. The first-order chi connectivity index (χ1) is 9.11. The van der Waals surface area contributed by atoms with Gasteiger partial charge in [0.25, 0.3) is 5.91 Å². The largest absolute Gasteiger partial charge is 0.496 e. The number of halogens is 1. The lowest BCUT2D eigenvalue weighted by Crippen LogP contribution is -2.26. The van der Waals surface area contributed by atoms with Crippen LogP contribution in [0.3, 0.4) is 0 Å². The fourth-order valence-corrected chi connectivity index (χ4v) is 2.10. The van der Waals surface area contributed by atoms with Crippen LogP contribution in [0.5, 0.6) is 5.75 Å². The molecule has 0 radical (unpaired) electrons. The van der Waals surface area contributed by atoms with E-state index in [1.165, 1.54) is 7.11 Å². The summed E-state index contributed by atoms with van der Waals surface area (Å²) in [5.74, 6) is 1.04. The highest BCUT2D eigenvalue weighted by atomic mass is 79.9. The zero-order chi connectivity index (χ0) is 13.8. The van der Waals surface area contributed by atoms with Crippen LogP contribution in [0, 0.1) is 0 Å². The number of hydrogen-bond acceptors (Lipinski definition) is 3. The third-order valence-electron chi connectivity index (χ3n) is 2.72. The summed E-state index contributed by atoms with van der Waals surface area (Å²) in [7, 11) is 1.54. The number of ether oxygens (including phenoxy) is 1. The molecule has 0 fully saturated rings. The number of methoxy groups -OCH3 is 1. The van der Waals surface area contributed by atoms with Crippen LogP contribution in [0.25, 0.3) is 0 Å². The molecule has 0 aliphatic rings. The van der Waals surface area contributed by atoms with E-state index in [1.54, 1.807) is 24.5 Å². The van der Waals surface area contributed by atoms with Gasteiger partial charge < -0.3 is 14.5 Å². The number of carbonyl (C=O) groups excluding carboxylic acids is 1. The topological polar surface area (TPSA) is 51.5 Å². The second kappa shape index (κ2) is 5.93. The highest BCUT2D eigenvalue weighted by Crippen LogP contribution is 2.24. The third kappa shape index (κ3) is 3.17. The molecule has 4 nitrogen and oxygen atoms in total. The van der Waals surface area contributed by atoms with E-state index in [0.29, 0.717) is 17.1 Å². The molecule has 1 unspecified atom stereocenters. The molecule has 0 bridgehead atoms. The van der Waals surface area contributed by atoms with Crippen LogP contribution in [0.1, 0.15) is 29.1 Å². The van der Waals surface area contributed by atoms with Crippen molar-refractivity contribution in [2.75, 3.05) is 7.11 Å². The van der Waals surface area contributed by atoms with Crippen molar-refractivity contribution in [3.05, 3.63) is 52.4 Å². The predicted molar refractivity (Wildman–Crippen MR) is 75.3 cm³/mol. The molecule has 2 rings (SSSR count). The normalized spacial score (nSPS) is 11.9. The monoisotopic (exact) mass is 323 g/mol. The van der Waals surface area contributed by atoms with Crippen LogP contribution in [0.2, 0.25) is 0 Å². The summed E-state index contributed by atoms with van der Waals surface area (Å²) in [5, 5.41) is 2.87. The van der Waals surface area contributed by atoms with E-state index in [0.717, 1.165) is 4.47 Å². The van der Waals surface area contributed by atoms with E-state index >= 15 is 0 Å². The van der Waals surface area contributed by atoms with Gasteiger partial charge in [-0.25, -0.2) is 0 Å². The van der Waals surface area contributed by atoms with E-state index in [9.17, 15) is 4.79 Å². The van der Waals surface area contributed by atoms with Gasteiger partial charge in [-0.05, 0) is 37.3 Å². The summed E-state index contributed by atoms with van der Waals surface area (Å²) in [6, 6.07) is 8.71. The van der Waals surface area contributed by atoms with Gasteiger partial charge in [-0.2, -0.15) is 0 Å². The second-order valence-corrected chi connectivity index (χ2v) is 4.97. The Morgan fingerprint density at radius 2 is 2.21 bits per heavy atom. The van der Waals surface area contributed by atoms with Crippen LogP contribution in [-0.4, -0.2) is 13.0 Å². The molecule has 0 saturated heterocycles. The van der Waals surface area contributed by atoms with Crippen LogP contribution >= 0.6 is 15.9 Å². The first kappa shape index (κ1) is 13.7. The first-order valence-corrected chi connectivity index (χ1v) is 6.59. The van der Waals surface area contributed by atoms with Gasteiger partial charge in [0.15, 0.2) is 0 Å². The molecule has 0 spiro atoms. The van der Waals surface area contributed by atoms with Crippen molar-refractivity contribution in [2.24, 2.45) is 0 Å². The molecular formula is C14H14BrNO3. The number of benzene rings is 1. The van der Waals surface area contributed by atoms with E-state index < -0.39 is 0 Å². The smallest absolute Gasteiger partial charge is 0.255 e. The fourth-order valence-electron chi connectivity index (χ4n) is 1.74. The van der Waals surface area contributed by atoms with Gasteiger partial charge in [-0.15, -0.1) is 0 Å². The number of carbonyl (C=O) groups is 1. The Bertz CT molecular complexity index is 566. The quantitative estimate of drug-likeness (QED) is 0.936. The summed E-state index contributed by atoms with van der Waals surface area (Å²) in [6.07, 6.45) is 1.58. The Kier molecular flexibility index (Phi) is 4.27. The van der Waals surface area contributed by atoms with Crippen molar-refractivity contribution in [3.8, 4) is 5.75 Å². The molecule has 1 N–H and O–H groups in total. The van der Waals surface area contributed by atoms with Gasteiger partial charge in [0, 0.05) is 4.47 Å². The Hall–Kier alpha value is -1.75. The summed E-state index contributed by atoms with van der Waals surface area (Å²) in [5.41, 5.74) is 0.482. The standard InChI is InChI=1S/C14H14BrNO3/c1-9(12-4-3-7-19-12)16-14(17)11-8-10(15)5-6-13(11)18-2/h3-9H,1-2H3,(H,16,17). The van der Waals surface area contributed by atoms with Crippen molar-refractivity contribution in [3.63, 3.8) is 0 Å². The van der Waals surface area contributed by atoms with Gasteiger partial charge in [0.05, 0.1) is 25.0 Å². The molecule has 2 aromatic rings. The van der Waals surface area contributed by atoms with Gasteiger partial charge in [-0.3, -0.25) is 4.79 Å². The van der Waals surface area contributed by atoms with Crippen LogP contribution in [-0.2, 0) is 0 Å². The zero-order valence-electron chi connectivity index (χ0n) is 10.6. The summed E-state index contributed by atoms with van der Waals surface area (Å²) in [4.78, 5) is 12.2. The first-order valence-electron chi connectivity index (χ1n) is 5.79. The van der Waals surface area contributed by atoms with Crippen LogP contribution < -0.4 is 10.1 Å². The maximum atomic E-state index is 12.2. The van der Waals surface area contributed by atoms with Gasteiger partial charge in [-0.1, -0.05) is 15.9 Å². The molecule has 0 aliphatic heterocycles. The average molecular weight is 324 g/mol. The SMILES string of the molecule is COc1ccc(Br)cc1C(=O)NC(C)c1ccco1. The third-order valence-corrected chi connectivity index (χ3v) is 3.22. The molecule has 1 aromatic carbocycles. The van der Waals surface area contributed by atoms with Crippen molar-refractivity contribution in [1.82, 2.24) is 5.32 Å². The maximum absolute atomic E-state index is 12.2. The van der Waals surface area contributed by atoms with Crippen LogP contribution in [0.4, 0.5) is 0 Å². The van der Waals surface area contributed by atoms with Crippen LogP contribution in [0.15, 0.2) is 45.5 Å². The van der Waals surface area contributed by atoms with Gasteiger partial charge in [0.1, 0.15) is 11.5 Å². The Balaban J connectivity index is 2.18. The van der Waals surface area contributed by atoms with E-state index in [1.807, 2.05) is 19.1 Å². The molecule has 100 valence electrons. The molecule has 5 heteroatoms. The number of nitrogens with one attached hydrogen (secondary N) is 1. The molecule has 1 aromatic heterocycles. The van der Waals surface area contributed by atoms with E-state index in [4.69, 9.17) is 9.15 Å². The molecule has 1 heterocycles. The lowest BCUT2D eigenvalue weighted by atomic mass is 10.1.